The fraction of sp³-hybridized carbons (Fsp3) is 0.500. The largest absolute Gasteiger partial charge is 0.342 e. The molecule has 2 nitrogen and oxygen atoms in total. The lowest BCUT2D eigenvalue weighted by atomic mass is 9.88. The molecule has 1 aromatic carbocycles. The molecule has 4 rings (SSSR count). The Kier molecular flexibility index (Phi) is 1.70. The number of aromatic nitrogens is 2. The van der Waals surface area contributed by atoms with Gasteiger partial charge in [0.05, 0.1) is 11.0 Å². The van der Waals surface area contributed by atoms with Crippen molar-refractivity contribution in [1.82, 2.24) is 9.97 Å². The Morgan fingerprint density at radius 1 is 1.12 bits per heavy atom. The summed E-state index contributed by atoms with van der Waals surface area (Å²) in [7, 11) is 0. The first-order valence-corrected chi connectivity index (χ1v) is 6.35. The van der Waals surface area contributed by atoms with Gasteiger partial charge in [-0.3, -0.25) is 0 Å². The minimum absolute atomic E-state index is 0.714. The van der Waals surface area contributed by atoms with Crippen molar-refractivity contribution in [3.05, 3.63) is 30.1 Å². The highest BCUT2D eigenvalue weighted by molar-refractivity contribution is 5.74. The van der Waals surface area contributed by atoms with Crippen molar-refractivity contribution in [2.45, 2.75) is 31.6 Å². The van der Waals surface area contributed by atoms with Crippen LogP contribution in [0.5, 0.6) is 0 Å². The van der Waals surface area contributed by atoms with Crippen LogP contribution in [-0.4, -0.2) is 9.97 Å². The molecular formula is C14H16N2. The first-order chi connectivity index (χ1) is 7.90. The van der Waals surface area contributed by atoms with Crippen LogP contribution in [-0.2, 0) is 0 Å². The molecule has 0 amide bonds. The van der Waals surface area contributed by atoms with E-state index < -0.39 is 0 Å². The second-order valence-corrected chi connectivity index (χ2v) is 5.42. The van der Waals surface area contributed by atoms with Gasteiger partial charge in [-0.25, -0.2) is 4.98 Å². The van der Waals surface area contributed by atoms with E-state index in [0.29, 0.717) is 5.92 Å². The van der Waals surface area contributed by atoms with Crippen molar-refractivity contribution < 1.29 is 0 Å². The van der Waals surface area contributed by atoms with Crippen LogP contribution < -0.4 is 0 Å². The fourth-order valence-corrected chi connectivity index (χ4v) is 3.73. The van der Waals surface area contributed by atoms with Crippen molar-refractivity contribution in [2.24, 2.45) is 11.8 Å². The van der Waals surface area contributed by atoms with Crippen LogP contribution in [0.1, 0.15) is 37.4 Å². The summed E-state index contributed by atoms with van der Waals surface area (Å²) in [5, 5.41) is 0. The van der Waals surface area contributed by atoms with Gasteiger partial charge in [-0.1, -0.05) is 18.6 Å². The standard InChI is InChI=1S/C14H16N2/c1-2-4-13-12(3-1)15-14(16-13)11-8-9-5-6-10(11)7-9/h1-4,9-11H,5-8H2,(H,15,16). The highest BCUT2D eigenvalue weighted by atomic mass is 14.9. The first kappa shape index (κ1) is 8.80. The number of imidazole rings is 1. The van der Waals surface area contributed by atoms with Crippen LogP contribution in [0.4, 0.5) is 0 Å². The zero-order valence-corrected chi connectivity index (χ0v) is 9.32. The van der Waals surface area contributed by atoms with Gasteiger partial charge in [-0.2, -0.15) is 0 Å². The van der Waals surface area contributed by atoms with Crippen LogP contribution >= 0.6 is 0 Å². The lowest BCUT2D eigenvalue weighted by Crippen LogP contribution is -2.09. The molecule has 3 unspecified atom stereocenters. The molecule has 2 fully saturated rings. The number of aromatic amines is 1. The zero-order chi connectivity index (χ0) is 10.5. The van der Waals surface area contributed by atoms with Crippen molar-refractivity contribution >= 4 is 11.0 Å². The maximum absolute atomic E-state index is 4.76. The van der Waals surface area contributed by atoms with E-state index in [1.165, 1.54) is 37.0 Å². The smallest absolute Gasteiger partial charge is 0.110 e. The van der Waals surface area contributed by atoms with E-state index in [2.05, 4.69) is 29.2 Å². The predicted molar refractivity (Wildman–Crippen MR) is 64.3 cm³/mol. The molecule has 1 heterocycles. The molecule has 2 aliphatic carbocycles. The molecule has 0 saturated heterocycles. The van der Waals surface area contributed by atoms with Crippen LogP contribution in [0, 0.1) is 11.8 Å². The Morgan fingerprint density at radius 3 is 2.81 bits per heavy atom. The highest BCUT2D eigenvalue weighted by Crippen LogP contribution is 2.52. The van der Waals surface area contributed by atoms with Crippen molar-refractivity contribution in [1.29, 1.82) is 0 Å². The number of H-pyrrole nitrogens is 1. The zero-order valence-electron chi connectivity index (χ0n) is 9.32. The molecule has 2 bridgehead atoms. The summed E-state index contributed by atoms with van der Waals surface area (Å²) in [5.41, 5.74) is 2.32. The molecule has 0 aliphatic heterocycles. The normalized spacial score (nSPS) is 32.6. The maximum atomic E-state index is 4.76. The topological polar surface area (TPSA) is 28.7 Å². The second-order valence-electron chi connectivity index (χ2n) is 5.42. The summed E-state index contributed by atoms with van der Waals surface area (Å²) in [6.45, 7) is 0. The maximum Gasteiger partial charge on any atom is 0.110 e. The van der Waals surface area contributed by atoms with E-state index in [1.807, 2.05) is 0 Å². The summed E-state index contributed by atoms with van der Waals surface area (Å²) in [6, 6.07) is 8.36. The van der Waals surface area contributed by atoms with E-state index in [0.717, 1.165) is 17.4 Å². The summed E-state index contributed by atoms with van der Waals surface area (Å²) in [6.07, 6.45) is 5.69. The summed E-state index contributed by atoms with van der Waals surface area (Å²) < 4.78 is 0. The SMILES string of the molecule is c1ccc2[nH]c(C3CC4CCC3C4)nc2c1. The average Bonchev–Trinajstić information content (AvgIpc) is 3.02. The average molecular weight is 212 g/mol. The Balaban J connectivity index is 1.76. The van der Waals surface area contributed by atoms with Crippen LogP contribution in [0.3, 0.4) is 0 Å². The van der Waals surface area contributed by atoms with Crippen molar-refractivity contribution in [2.75, 3.05) is 0 Å². The molecular weight excluding hydrogens is 196 g/mol. The molecule has 0 radical (unpaired) electrons. The molecule has 2 heteroatoms. The molecule has 2 aromatic rings. The van der Waals surface area contributed by atoms with E-state index in [-0.39, 0.29) is 0 Å². The molecule has 2 aliphatic rings. The number of hydrogen-bond donors (Lipinski definition) is 1. The minimum Gasteiger partial charge on any atom is -0.342 e. The first-order valence-electron chi connectivity index (χ1n) is 6.35. The predicted octanol–water partition coefficient (Wildman–Crippen LogP) is 3.47. The number of hydrogen-bond acceptors (Lipinski definition) is 1. The van der Waals surface area contributed by atoms with Gasteiger partial charge < -0.3 is 4.98 Å². The molecule has 1 N–H and O–H groups in total. The lowest BCUT2D eigenvalue weighted by Gasteiger charge is -2.18. The van der Waals surface area contributed by atoms with Gasteiger partial charge in [-0.05, 0) is 43.2 Å². The van der Waals surface area contributed by atoms with E-state index in [1.54, 1.807) is 0 Å². The molecule has 82 valence electrons. The monoisotopic (exact) mass is 212 g/mol. The Labute approximate surface area is 95.1 Å². The Morgan fingerprint density at radius 2 is 2.06 bits per heavy atom. The van der Waals surface area contributed by atoms with Gasteiger partial charge in [0.15, 0.2) is 0 Å². The van der Waals surface area contributed by atoms with Crippen LogP contribution in [0.25, 0.3) is 11.0 Å². The minimum atomic E-state index is 0.714. The van der Waals surface area contributed by atoms with E-state index in [9.17, 15) is 0 Å². The van der Waals surface area contributed by atoms with Gasteiger partial charge in [-0.15, -0.1) is 0 Å². The Hall–Kier alpha value is -1.31. The number of benzene rings is 1. The molecule has 16 heavy (non-hydrogen) atoms. The Bertz CT molecular complexity index is 495. The number of nitrogens with zero attached hydrogens (tertiary/aromatic N) is 1. The van der Waals surface area contributed by atoms with Gasteiger partial charge in [0, 0.05) is 5.92 Å². The molecule has 2 saturated carbocycles. The number of rotatable bonds is 1. The molecule has 3 atom stereocenters. The van der Waals surface area contributed by atoms with Crippen molar-refractivity contribution in [3.63, 3.8) is 0 Å². The van der Waals surface area contributed by atoms with Gasteiger partial charge >= 0.3 is 0 Å². The quantitative estimate of drug-likeness (QED) is 0.770. The number of para-hydroxylation sites is 2. The van der Waals surface area contributed by atoms with Gasteiger partial charge in [0.25, 0.3) is 0 Å². The van der Waals surface area contributed by atoms with E-state index in [4.69, 9.17) is 4.98 Å². The third kappa shape index (κ3) is 1.16. The summed E-state index contributed by atoms with van der Waals surface area (Å²) in [4.78, 5) is 8.27. The fourth-order valence-electron chi connectivity index (χ4n) is 3.73. The van der Waals surface area contributed by atoms with Gasteiger partial charge in [0.1, 0.15) is 5.82 Å². The third-order valence-electron chi connectivity index (χ3n) is 4.50. The highest BCUT2D eigenvalue weighted by Gasteiger charge is 2.41. The van der Waals surface area contributed by atoms with E-state index >= 15 is 0 Å². The third-order valence-corrected chi connectivity index (χ3v) is 4.50. The summed E-state index contributed by atoms with van der Waals surface area (Å²) >= 11 is 0. The van der Waals surface area contributed by atoms with Gasteiger partial charge in [0.2, 0.25) is 0 Å². The second kappa shape index (κ2) is 3.09. The van der Waals surface area contributed by atoms with Crippen LogP contribution in [0.15, 0.2) is 24.3 Å². The molecule has 0 spiro atoms. The number of fused-ring (bicyclic) bond motifs is 3. The lowest BCUT2D eigenvalue weighted by molar-refractivity contribution is 0.408. The number of nitrogens with one attached hydrogen (secondary N) is 1. The van der Waals surface area contributed by atoms with Crippen molar-refractivity contribution in [3.8, 4) is 0 Å². The van der Waals surface area contributed by atoms with Crippen LogP contribution in [0.2, 0.25) is 0 Å². The molecule has 1 aromatic heterocycles. The summed E-state index contributed by atoms with van der Waals surface area (Å²) in [5.74, 6) is 3.85.